The van der Waals surface area contributed by atoms with E-state index in [4.69, 9.17) is 23.1 Å². The first-order chi connectivity index (χ1) is 16.0. The fourth-order valence-electron chi connectivity index (χ4n) is 4.33. The fourth-order valence-corrected chi connectivity index (χ4v) is 4.51. The number of nitrogens with one attached hydrogen (secondary N) is 1. The molecular weight excluding hydrogens is 436 g/mol. The van der Waals surface area contributed by atoms with Crippen LogP contribution in [0.2, 0.25) is 5.02 Å². The molecule has 1 fully saturated rings. The van der Waals surface area contributed by atoms with Gasteiger partial charge in [-0.2, -0.15) is 10.2 Å². The fraction of sp³-hybridized carbons (Fsp3) is 0.292. The molecule has 33 heavy (non-hydrogen) atoms. The van der Waals surface area contributed by atoms with Crippen molar-refractivity contribution in [3.8, 4) is 11.1 Å². The second kappa shape index (κ2) is 8.88. The van der Waals surface area contributed by atoms with Crippen LogP contribution in [0.4, 0.5) is 11.4 Å². The minimum absolute atomic E-state index is 0.275. The van der Waals surface area contributed by atoms with Gasteiger partial charge in [0.05, 0.1) is 39.9 Å². The molecule has 170 valence electrons. The molecule has 1 aromatic carbocycles. The molecule has 8 nitrogen and oxygen atoms in total. The number of nitrogens with two attached hydrogens (primary N) is 2. The molecule has 0 radical (unpaired) electrons. The smallest absolute Gasteiger partial charge is 0.135 e. The third-order valence-electron chi connectivity index (χ3n) is 6.16. The maximum absolute atomic E-state index is 6.50. The van der Waals surface area contributed by atoms with Crippen LogP contribution >= 0.6 is 11.6 Å². The van der Waals surface area contributed by atoms with Crippen LogP contribution < -0.4 is 16.8 Å². The summed E-state index contributed by atoms with van der Waals surface area (Å²) in [4.78, 5) is 4.61. The average Bonchev–Trinajstić information content (AvgIpc) is 3.43. The predicted molar refractivity (Wildman–Crippen MR) is 133 cm³/mol. The van der Waals surface area contributed by atoms with E-state index in [1.54, 1.807) is 16.9 Å². The highest BCUT2D eigenvalue weighted by Crippen LogP contribution is 2.32. The number of aromatic nitrogens is 4. The number of fused-ring (bicyclic) bond motifs is 1. The Morgan fingerprint density at radius 3 is 2.61 bits per heavy atom. The number of aliphatic imine (C=N–C) groups is 1. The molecule has 1 saturated carbocycles. The molecule has 5 N–H and O–H groups in total. The first-order valence-electron chi connectivity index (χ1n) is 11.1. The lowest BCUT2D eigenvalue weighted by molar-refractivity contribution is 0.411. The summed E-state index contributed by atoms with van der Waals surface area (Å²) in [5, 5.41) is 13.2. The molecule has 5 rings (SSSR count). The molecule has 0 amide bonds. The van der Waals surface area contributed by atoms with Gasteiger partial charge in [-0.05, 0) is 43.9 Å². The maximum Gasteiger partial charge on any atom is 0.135 e. The van der Waals surface area contributed by atoms with Gasteiger partial charge in [-0.25, -0.2) is 9.51 Å². The van der Waals surface area contributed by atoms with Crippen LogP contribution in [0.5, 0.6) is 0 Å². The van der Waals surface area contributed by atoms with Crippen molar-refractivity contribution < 1.29 is 0 Å². The topological polar surface area (TPSA) is 112 Å². The van der Waals surface area contributed by atoms with Crippen molar-refractivity contribution in [1.82, 2.24) is 19.4 Å². The molecule has 1 aliphatic carbocycles. The lowest BCUT2D eigenvalue weighted by atomic mass is 9.91. The van der Waals surface area contributed by atoms with Gasteiger partial charge in [-0.3, -0.25) is 4.68 Å². The predicted octanol–water partition coefficient (Wildman–Crippen LogP) is 4.11. The third-order valence-corrected chi connectivity index (χ3v) is 6.48. The highest BCUT2D eigenvalue weighted by atomic mass is 35.5. The van der Waals surface area contributed by atoms with E-state index in [0.717, 1.165) is 53.6 Å². The van der Waals surface area contributed by atoms with Crippen molar-refractivity contribution in [3.05, 3.63) is 65.7 Å². The van der Waals surface area contributed by atoms with E-state index in [9.17, 15) is 0 Å². The molecule has 0 aliphatic heterocycles. The van der Waals surface area contributed by atoms with E-state index in [1.807, 2.05) is 48.4 Å². The first kappa shape index (κ1) is 21.5. The molecule has 0 saturated heterocycles. The number of halogens is 1. The van der Waals surface area contributed by atoms with E-state index < -0.39 is 0 Å². The van der Waals surface area contributed by atoms with Gasteiger partial charge in [0.15, 0.2) is 0 Å². The van der Waals surface area contributed by atoms with Gasteiger partial charge in [0.25, 0.3) is 0 Å². The molecule has 0 spiro atoms. The third kappa shape index (κ3) is 4.44. The van der Waals surface area contributed by atoms with E-state index in [-0.39, 0.29) is 6.04 Å². The SMILES string of the molecule is Cn1cc(-c2cc3c(N[C@H]4CC[C@H](N)CC4)c(/C(N)=N/c4ccccc4Cl)cnn3c2)cn1. The van der Waals surface area contributed by atoms with Crippen molar-refractivity contribution in [1.29, 1.82) is 0 Å². The van der Waals surface area contributed by atoms with Crippen LogP contribution in [-0.2, 0) is 7.05 Å². The summed E-state index contributed by atoms with van der Waals surface area (Å²) in [6.45, 7) is 0. The number of hydrogen-bond donors (Lipinski definition) is 3. The number of anilines is 1. The van der Waals surface area contributed by atoms with E-state index in [2.05, 4.69) is 26.6 Å². The summed E-state index contributed by atoms with van der Waals surface area (Å²) in [6, 6.07) is 10.1. The van der Waals surface area contributed by atoms with Crippen molar-refractivity contribution in [3.63, 3.8) is 0 Å². The molecule has 0 atom stereocenters. The van der Waals surface area contributed by atoms with Crippen molar-refractivity contribution >= 4 is 34.3 Å². The number of para-hydroxylation sites is 1. The zero-order valence-corrected chi connectivity index (χ0v) is 19.2. The van der Waals surface area contributed by atoms with Gasteiger partial charge < -0.3 is 16.8 Å². The van der Waals surface area contributed by atoms with Gasteiger partial charge in [0, 0.05) is 42.7 Å². The summed E-state index contributed by atoms with van der Waals surface area (Å²) < 4.78 is 3.65. The summed E-state index contributed by atoms with van der Waals surface area (Å²) >= 11 is 6.32. The largest absolute Gasteiger partial charge is 0.383 e. The molecule has 1 aliphatic rings. The molecule has 0 bridgehead atoms. The van der Waals surface area contributed by atoms with Gasteiger partial charge in [0.1, 0.15) is 5.84 Å². The van der Waals surface area contributed by atoms with Crippen LogP contribution in [0, 0.1) is 0 Å². The Bertz CT molecular complexity index is 1310. The minimum atomic E-state index is 0.275. The second-order valence-electron chi connectivity index (χ2n) is 8.60. The van der Waals surface area contributed by atoms with Gasteiger partial charge >= 0.3 is 0 Å². The maximum atomic E-state index is 6.50. The van der Waals surface area contributed by atoms with Crippen LogP contribution in [0.3, 0.4) is 0 Å². The molecule has 3 heterocycles. The van der Waals surface area contributed by atoms with Crippen LogP contribution in [0.1, 0.15) is 31.2 Å². The number of rotatable bonds is 5. The number of aryl methyl sites for hydroxylation is 1. The minimum Gasteiger partial charge on any atom is -0.383 e. The zero-order valence-electron chi connectivity index (χ0n) is 18.4. The molecular formula is C24H27ClN8. The van der Waals surface area contributed by atoms with Crippen LogP contribution in [0.25, 0.3) is 16.6 Å². The highest BCUT2D eigenvalue weighted by molar-refractivity contribution is 6.33. The Balaban J connectivity index is 1.60. The number of hydrogen-bond acceptors (Lipinski definition) is 5. The molecule has 4 aromatic rings. The summed E-state index contributed by atoms with van der Waals surface area (Å²) in [6.07, 6.45) is 11.6. The number of amidine groups is 1. The number of benzene rings is 1. The summed E-state index contributed by atoms with van der Waals surface area (Å²) in [7, 11) is 1.91. The summed E-state index contributed by atoms with van der Waals surface area (Å²) in [5.41, 5.74) is 17.9. The highest BCUT2D eigenvalue weighted by Gasteiger charge is 2.22. The lowest BCUT2D eigenvalue weighted by Gasteiger charge is -2.28. The normalized spacial score (nSPS) is 19.2. The summed E-state index contributed by atoms with van der Waals surface area (Å²) in [5.74, 6) is 0.359. The zero-order chi connectivity index (χ0) is 22.9. The Morgan fingerprint density at radius 1 is 1.09 bits per heavy atom. The van der Waals surface area contributed by atoms with Gasteiger partial charge in [0.2, 0.25) is 0 Å². The Labute approximate surface area is 197 Å². The van der Waals surface area contributed by atoms with Gasteiger partial charge in [-0.15, -0.1) is 0 Å². The van der Waals surface area contributed by atoms with E-state index in [0.29, 0.717) is 22.6 Å². The molecule has 3 aromatic heterocycles. The Morgan fingerprint density at radius 2 is 1.88 bits per heavy atom. The standard InChI is InChI=1S/C24H27ClN8/c1-32-13-16(11-28-32)15-10-22-23(30-18-8-6-17(26)7-9-18)19(12-29-33(22)14-15)24(27)31-21-5-3-2-4-20(21)25/h2-5,10-14,17-18,30H,6-9,26H2,1H3,(H2,27,31)/t17-,18-. The first-order valence-corrected chi connectivity index (χ1v) is 11.5. The Kier molecular flexibility index (Phi) is 5.78. The van der Waals surface area contributed by atoms with Crippen molar-refractivity contribution in [2.24, 2.45) is 23.5 Å². The average molecular weight is 463 g/mol. The Hall–Kier alpha value is -3.36. The molecule has 9 heteroatoms. The van der Waals surface area contributed by atoms with E-state index >= 15 is 0 Å². The van der Waals surface area contributed by atoms with Crippen molar-refractivity contribution in [2.45, 2.75) is 37.8 Å². The van der Waals surface area contributed by atoms with Crippen molar-refractivity contribution in [2.75, 3.05) is 5.32 Å². The van der Waals surface area contributed by atoms with E-state index in [1.165, 1.54) is 0 Å². The monoisotopic (exact) mass is 462 g/mol. The quantitative estimate of drug-likeness (QED) is 0.305. The molecule has 0 unspecified atom stereocenters. The van der Waals surface area contributed by atoms with Gasteiger partial charge in [-0.1, -0.05) is 23.7 Å². The second-order valence-corrected chi connectivity index (χ2v) is 9.01. The van der Waals surface area contributed by atoms with Crippen LogP contribution in [0.15, 0.2) is 60.1 Å². The lowest BCUT2D eigenvalue weighted by Crippen LogP contribution is -2.33. The van der Waals surface area contributed by atoms with Crippen LogP contribution in [-0.4, -0.2) is 37.3 Å². The number of nitrogens with zero attached hydrogens (tertiary/aromatic N) is 5.